The predicted octanol–water partition coefficient (Wildman–Crippen LogP) is 6.35. The molecule has 0 aromatic heterocycles. The van der Waals surface area contributed by atoms with Gasteiger partial charge in [0.15, 0.2) is 5.82 Å². The molecule has 3 rings (SSSR count). The Kier molecular flexibility index (Phi) is 4.30. The lowest BCUT2D eigenvalue weighted by molar-refractivity contribution is 0.628. The van der Waals surface area contributed by atoms with Gasteiger partial charge in [0.25, 0.3) is 0 Å². The van der Waals surface area contributed by atoms with Crippen molar-refractivity contribution in [3.8, 4) is 0 Å². The standard InChI is InChI=1S/C16H13Cl3FN/c17-11-5-3-10(4-6-11)16(9-1-2-9)21-12-7-13(18)15(20)14(19)8-12/h3-9,16,21H,1-2H2. The summed E-state index contributed by atoms with van der Waals surface area (Å²) in [7, 11) is 0. The molecule has 0 amide bonds. The molecule has 1 N–H and O–H groups in total. The fraction of sp³-hybridized carbons (Fsp3) is 0.250. The van der Waals surface area contributed by atoms with Gasteiger partial charge in [0.1, 0.15) is 0 Å². The summed E-state index contributed by atoms with van der Waals surface area (Å²) in [5.41, 5.74) is 1.87. The van der Waals surface area contributed by atoms with Gasteiger partial charge in [-0.2, -0.15) is 0 Å². The number of rotatable bonds is 4. The number of nitrogens with one attached hydrogen (secondary N) is 1. The molecule has 0 spiro atoms. The molecule has 5 heteroatoms. The van der Waals surface area contributed by atoms with E-state index < -0.39 is 5.82 Å². The average molecular weight is 345 g/mol. The molecule has 1 saturated carbocycles. The Morgan fingerprint density at radius 3 is 2.10 bits per heavy atom. The molecule has 0 aliphatic heterocycles. The largest absolute Gasteiger partial charge is 0.378 e. The monoisotopic (exact) mass is 343 g/mol. The molecule has 0 heterocycles. The molecule has 0 saturated heterocycles. The fourth-order valence-electron chi connectivity index (χ4n) is 2.39. The van der Waals surface area contributed by atoms with Gasteiger partial charge in [-0.15, -0.1) is 0 Å². The zero-order valence-electron chi connectivity index (χ0n) is 11.0. The number of halogens is 4. The molecule has 1 aliphatic carbocycles. The van der Waals surface area contributed by atoms with Gasteiger partial charge in [0, 0.05) is 10.7 Å². The Labute approximate surface area is 138 Å². The van der Waals surface area contributed by atoms with Crippen LogP contribution in [0.4, 0.5) is 10.1 Å². The van der Waals surface area contributed by atoms with Crippen LogP contribution in [-0.2, 0) is 0 Å². The molecule has 2 aromatic carbocycles. The van der Waals surface area contributed by atoms with Crippen LogP contribution in [0.1, 0.15) is 24.4 Å². The molecule has 110 valence electrons. The first kappa shape index (κ1) is 15.0. The van der Waals surface area contributed by atoms with E-state index in [1.54, 1.807) is 12.1 Å². The minimum absolute atomic E-state index is 0.0238. The van der Waals surface area contributed by atoms with E-state index in [4.69, 9.17) is 34.8 Å². The second kappa shape index (κ2) is 6.04. The molecule has 0 radical (unpaired) electrons. The first-order valence-electron chi connectivity index (χ1n) is 6.71. The minimum atomic E-state index is -0.585. The molecule has 1 nitrogen and oxygen atoms in total. The van der Waals surface area contributed by atoms with Crippen LogP contribution >= 0.6 is 34.8 Å². The summed E-state index contributed by atoms with van der Waals surface area (Å²) in [5, 5.41) is 4.16. The lowest BCUT2D eigenvalue weighted by atomic mass is 10.0. The van der Waals surface area contributed by atoms with Crippen molar-refractivity contribution in [3.05, 3.63) is 62.8 Å². The molecule has 0 bridgehead atoms. The van der Waals surface area contributed by atoms with E-state index in [9.17, 15) is 4.39 Å². The fourth-order valence-corrected chi connectivity index (χ4v) is 3.00. The minimum Gasteiger partial charge on any atom is -0.378 e. The average Bonchev–Trinajstić information content (AvgIpc) is 3.28. The van der Waals surface area contributed by atoms with E-state index >= 15 is 0 Å². The van der Waals surface area contributed by atoms with Crippen molar-refractivity contribution in [3.63, 3.8) is 0 Å². The van der Waals surface area contributed by atoms with E-state index in [1.807, 2.05) is 24.3 Å². The van der Waals surface area contributed by atoms with Gasteiger partial charge in [0.2, 0.25) is 0 Å². The highest BCUT2D eigenvalue weighted by molar-refractivity contribution is 6.35. The van der Waals surface area contributed by atoms with Crippen molar-refractivity contribution in [1.29, 1.82) is 0 Å². The highest BCUT2D eigenvalue weighted by Gasteiger charge is 2.32. The highest BCUT2D eigenvalue weighted by Crippen LogP contribution is 2.43. The van der Waals surface area contributed by atoms with Crippen molar-refractivity contribution in [2.45, 2.75) is 18.9 Å². The van der Waals surface area contributed by atoms with Crippen LogP contribution in [0.3, 0.4) is 0 Å². The Morgan fingerprint density at radius 1 is 1.00 bits per heavy atom. The molecule has 21 heavy (non-hydrogen) atoms. The summed E-state index contributed by atoms with van der Waals surface area (Å²) in [6.07, 6.45) is 2.34. The maximum absolute atomic E-state index is 13.5. The molecule has 1 unspecified atom stereocenters. The molecular formula is C16H13Cl3FN. The van der Waals surface area contributed by atoms with Gasteiger partial charge >= 0.3 is 0 Å². The quantitative estimate of drug-likeness (QED) is 0.637. The molecule has 2 aromatic rings. The third-order valence-corrected chi connectivity index (χ3v) is 4.43. The number of benzene rings is 2. The van der Waals surface area contributed by atoms with Crippen molar-refractivity contribution >= 4 is 40.5 Å². The zero-order valence-corrected chi connectivity index (χ0v) is 13.3. The van der Waals surface area contributed by atoms with E-state index in [2.05, 4.69) is 5.32 Å². The third-order valence-electron chi connectivity index (χ3n) is 3.63. The highest BCUT2D eigenvalue weighted by atomic mass is 35.5. The van der Waals surface area contributed by atoms with Crippen molar-refractivity contribution in [2.75, 3.05) is 5.32 Å². The first-order valence-corrected chi connectivity index (χ1v) is 7.84. The van der Waals surface area contributed by atoms with Crippen LogP contribution < -0.4 is 5.32 Å². The topological polar surface area (TPSA) is 12.0 Å². The second-order valence-electron chi connectivity index (χ2n) is 5.26. The summed E-state index contributed by atoms with van der Waals surface area (Å²) in [5.74, 6) is -0.0212. The van der Waals surface area contributed by atoms with Gasteiger partial charge < -0.3 is 5.32 Å². The van der Waals surface area contributed by atoms with Crippen LogP contribution in [0.2, 0.25) is 15.1 Å². The van der Waals surface area contributed by atoms with Gasteiger partial charge in [-0.25, -0.2) is 4.39 Å². The maximum atomic E-state index is 13.5. The van der Waals surface area contributed by atoms with E-state index in [-0.39, 0.29) is 16.1 Å². The van der Waals surface area contributed by atoms with E-state index in [1.165, 1.54) is 12.8 Å². The smallest absolute Gasteiger partial charge is 0.160 e. The molecule has 1 fully saturated rings. The van der Waals surface area contributed by atoms with Gasteiger partial charge in [-0.3, -0.25) is 0 Å². The SMILES string of the molecule is Fc1c(Cl)cc(NC(c2ccc(Cl)cc2)C2CC2)cc1Cl. The summed E-state index contributed by atoms with van der Waals surface area (Å²) in [6, 6.07) is 11.0. The van der Waals surface area contributed by atoms with Gasteiger partial charge in [0.05, 0.1) is 16.1 Å². The molecular weight excluding hydrogens is 332 g/mol. The summed E-state index contributed by atoms with van der Waals surface area (Å²) in [4.78, 5) is 0. The van der Waals surface area contributed by atoms with Gasteiger partial charge in [-0.1, -0.05) is 46.9 Å². The predicted molar refractivity (Wildman–Crippen MR) is 87.0 cm³/mol. The van der Waals surface area contributed by atoms with Gasteiger partial charge in [-0.05, 0) is 48.6 Å². The summed E-state index contributed by atoms with van der Waals surface area (Å²) >= 11 is 17.6. The van der Waals surface area contributed by atoms with Crippen LogP contribution in [0, 0.1) is 11.7 Å². The Morgan fingerprint density at radius 2 is 1.57 bits per heavy atom. The van der Waals surface area contributed by atoms with E-state index in [0.29, 0.717) is 10.9 Å². The van der Waals surface area contributed by atoms with Crippen LogP contribution in [-0.4, -0.2) is 0 Å². The normalized spacial score (nSPS) is 15.8. The first-order chi connectivity index (χ1) is 10.0. The Bertz CT molecular complexity index is 630. The number of anilines is 1. The summed E-state index contributed by atoms with van der Waals surface area (Å²) < 4.78 is 13.5. The lowest BCUT2D eigenvalue weighted by Crippen LogP contribution is -2.13. The maximum Gasteiger partial charge on any atom is 0.160 e. The Hall–Kier alpha value is -0.960. The van der Waals surface area contributed by atoms with Crippen LogP contribution in [0.15, 0.2) is 36.4 Å². The van der Waals surface area contributed by atoms with Crippen molar-refractivity contribution in [1.82, 2.24) is 0 Å². The van der Waals surface area contributed by atoms with Crippen molar-refractivity contribution in [2.24, 2.45) is 5.92 Å². The molecule has 1 aliphatic rings. The number of hydrogen-bond donors (Lipinski definition) is 1. The lowest BCUT2D eigenvalue weighted by Gasteiger charge is -2.20. The molecule has 1 atom stereocenters. The van der Waals surface area contributed by atoms with Crippen LogP contribution in [0.25, 0.3) is 0 Å². The van der Waals surface area contributed by atoms with E-state index in [0.717, 1.165) is 11.3 Å². The summed E-state index contributed by atoms with van der Waals surface area (Å²) in [6.45, 7) is 0. The van der Waals surface area contributed by atoms with Crippen LogP contribution in [0.5, 0.6) is 0 Å². The van der Waals surface area contributed by atoms with Crippen molar-refractivity contribution < 1.29 is 4.39 Å². The third kappa shape index (κ3) is 3.45. The second-order valence-corrected chi connectivity index (χ2v) is 6.52. The zero-order chi connectivity index (χ0) is 15.0. The number of hydrogen-bond acceptors (Lipinski definition) is 1. The Balaban J connectivity index is 1.87.